The fraction of sp³-hybridized carbons (Fsp3) is 0. The van der Waals surface area contributed by atoms with Crippen molar-refractivity contribution < 1.29 is 0 Å². The lowest BCUT2D eigenvalue weighted by molar-refractivity contribution is 1.18. The molecule has 4 nitrogen and oxygen atoms in total. The van der Waals surface area contributed by atoms with Crippen molar-refractivity contribution in [3.63, 3.8) is 0 Å². The van der Waals surface area contributed by atoms with E-state index in [0.29, 0.717) is 5.65 Å². The topological polar surface area (TPSA) is 50.7 Å². The molecule has 0 bridgehead atoms. The van der Waals surface area contributed by atoms with E-state index >= 15 is 0 Å². The predicted octanol–water partition coefficient (Wildman–Crippen LogP) is 2.77. The summed E-state index contributed by atoms with van der Waals surface area (Å²) < 4.78 is 0. The van der Waals surface area contributed by atoms with Crippen molar-refractivity contribution in [1.82, 2.24) is 15.0 Å². The summed E-state index contributed by atoms with van der Waals surface area (Å²) in [5, 5.41) is 4.17. The predicted molar refractivity (Wildman–Crippen MR) is 67.1 cm³/mol. The molecule has 4 heteroatoms. The Morgan fingerprint density at radius 3 is 2.59 bits per heavy atom. The fourth-order valence-corrected chi connectivity index (χ4v) is 1.65. The van der Waals surface area contributed by atoms with E-state index in [2.05, 4.69) is 20.3 Å². The largest absolute Gasteiger partial charge is 0.340 e. The molecular formula is C13H10N4. The summed E-state index contributed by atoms with van der Waals surface area (Å²) in [7, 11) is 0. The summed E-state index contributed by atoms with van der Waals surface area (Å²) in [5.74, 6) is 0.773. The van der Waals surface area contributed by atoms with Crippen LogP contribution in [0.25, 0.3) is 11.0 Å². The van der Waals surface area contributed by atoms with Gasteiger partial charge in [-0.05, 0) is 24.3 Å². The molecule has 1 N–H and O–H groups in total. The van der Waals surface area contributed by atoms with Gasteiger partial charge in [0, 0.05) is 11.9 Å². The van der Waals surface area contributed by atoms with Crippen LogP contribution >= 0.6 is 0 Å². The Morgan fingerprint density at radius 2 is 1.71 bits per heavy atom. The summed E-state index contributed by atoms with van der Waals surface area (Å²) in [6.45, 7) is 0. The van der Waals surface area contributed by atoms with E-state index < -0.39 is 0 Å². The van der Waals surface area contributed by atoms with E-state index in [9.17, 15) is 0 Å². The van der Waals surface area contributed by atoms with E-state index in [-0.39, 0.29) is 0 Å². The molecule has 0 radical (unpaired) electrons. The zero-order chi connectivity index (χ0) is 11.5. The Bertz CT molecular complexity index is 632. The van der Waals surface area contributed by atoms with Crippen LogP contribution < -0.4 is 5.32 Å². The van der Waals surface area contributed by atoms with Crippen LogP contribution in [0.1, 0.15) is 0 Å². The molecule has 82 valence electrons. The molecule has 0 saturated carbocycles. The van der Waals surface area contributed by atoms with Gasteiger partial charge in [-0.2, -0.15) is 0 Å². The Labute approximate surface area is 98.4 Å². The number of anilines is 2. The number of nitrogens with one attached hydrogen (secondary N) is 1. The van der Waals surface area contributed by atoms with Gasteiger partial charge in [-0.3, -0.25) is 0 Å². The van der Waals surface area contributed by atoms with Gasteiger partial charge in [-0.1, -0.05) is 18.2 Å². The minimum atomic E-state index is 0.695. The first-order chi connectivity index (χ1) is 8.43. The second-order valence-corrected chi connectivity index (χ2v) is 3.59. The molecular weight excluding hydrogens is 212 g/mol. The van der Waals surface area contributed by atoms with E-state index in [0.717, 1.165) is 16.9 Å². The second-order valence-electron chi connectivity index (χ2n) is 3.59. The van der Waals surface area contributed by atoms with Crippen LogP contribution in [0.15, 0.2) is 55.0 Å². The highest BCUT2D eigenvalue weighted by atomic mass is 15.0. The normalized spacial score (nSPS) is 10.4. The van der Waals surface area contributed by atoms with Gasteiger partial charge in [0.25, 0.3) is 0 Å². The molecule has 0 aliphatic heterocycles. The maximum Gasteiger partial charge on any atom is 0.164 e. The summed E-state index contributed by atoms with van der Waals surface area (Å²) in [5.41, 5.74) is 1.69. The van der Waals surface area contributed by atoms with Gasteiger partial charge in [0.2, 0.25) is 0 Å². The van der Waals surface area contributed by atoms with E-state index in [1.807, 2.05) is 42.5 Å². The first-order valence-corrected chi connectivity index (χ1v) is 5.31. The molecule has 0 aliphatic rings. The number of benzene rings is 1. The van der Waals surface area contributed by atoms with Crippen molar-refractivity contribution in [3.8, 4) is 0 Å². The van der Waals surface area contributed by atoms with Crippen molar-refractivity contribution >= 4 is 22.5 Å². The van der Waals surface area contributed by atoms with Crippen molar-refractivity contribution in [2.24, 2.45) is 0 Å². The number of hydrogen-bond donors (Lipinski definition) is 1. The highest BCUT2D eigenvalue weighted by Crippen LogP contribution is 2.20. The molecule has 3 rings (SSSR count). The smallest absolute Gasteiger partial charge is 0.164 e. The fourth-order valence-electron chi connectivity index (χ4n) is 1.65. The number of pyridine rings is 1. The zero-order valence-electron chi connectivity index (χ0n) is 9.04. The van der Waals surface area contributed by atoms with Gasteiger partial charge in [-0.25, -0.2) is 15.0 Å². The minimum Gasteiger partial charge on any atom is -0.340 e. The second kappa shape index (κ2) is 4.17. The molecule has 0 unspecified atom stereocenters. The average Bonchev–Trinajstić information content (AvgIpc) is 2.40. The van der Waals surface area contributed by atoms with Gasteiger partial charge in [0.05, 0.1) is 5.39 Å². The third-order valence-corrected chi connectivity index (χ3v) is 2.45. The molecule has 0 spiro atoms. The van der Waals surface area contributed by atoms with E-state index in [1.54, 1.807) is 6.20 Å². The number of hydrogen-bond acceptors (Lipinski definition) is 4. The highest BCUT2D eigenvalue weighted by Gasteiger charge is 2.03. The van der Waals surface area contributed by atoms with Crippen molar-refractivity contribution in [1.29, 1.82) is 0 Å². The summed E-state index contributed by atoms with van der Waals surface area (Å²) >= 11 is 0. The Hall–Kier alpha value is -2.49. The molecule has 0 aliphatic carbocycles. The van der Waals surface area contributed by atoms with Gasteiger partial charge >= 0.3 is 0 Å². The van der Waals surface area contributed by atoms with Crippen LogP contribution in [-0.4, -0.2) is 15.0 Å². The van der Waals surface area contributed by atoms with Crippen LogP contribution in [0, 0.1) is 0 Å². The maximum absolute atomic E-state index is 4.24. The molecule has 0 fully saturated rings. The summed E-state index contributed by atoms with van der Waals surface area (Å²) in [6, 6.07) is 13.7. The van der Waals surface area contributed by atoms with Crippen LogP contribution in [0.2, 0.25) is 0 Å². The van der Waals surface area contributed by atoms with Gasteiger partial charge in [-0.15, -0.1) is 0 Å². The molecule has 0 amide bonds. The van der Waals surface area contributed by atoms with Crippen LogP contribution in [0.4, 0.5) is 11.5 Å². The quantitative estimate of drug-likeness (QED) is 0.724. The summed E-state index contributed by atoms with van der Waals surface area (Å²) in [6.07, 6.45) is 3.24. The Kier molecular flexibility index (Phi) is 2.38. The minimum absolute atomic E-state index is 0.695. The number of aromatic nitrogens is 3. The zero-order valence-corrected chi connectivity index (χ0v) is 9.04. The van der Waals surface area contributed by atoms with Gasteiger partial charge in [0.1, 0.15) is 12.1 Å². The first kappa shape index (κ1) is 9.72. The molecule has 1 aromatic carbocycles. The lowest BCUT2D eigenvalue weighted by atomic mass is 10.3. The lowest BCUT2D eigenvalue weighted by Gasteiger charge is -2.06. The standard InChI is InChI=1S/C13H10N4/c1-2-5-10(6-3-1)17-13-11-7-4-8-14-12(11)15-9-16-13/h1-9H,(H,14,15,16,17). The third-order valence-electron chi connectivity index (χ3n) is 2.45. The maximum atomic E-state index is 4.24. The molecule has 17 heavy (non-hydrogen) atoms. The molecule has 2 aromatic heterocycles. The Balaban J connectivity index is 2.06. The Morgan fingerprint density at radius 1 is 0.824 bits per heavy atom. The molecule has 0 saturated heterocycles. The number of rotatable bonds is 2. The first-order valence-electron chi connectivity index (χ1n) is 5.31. The van der Waals surface area contributed by atoms with Crippen LogP contribution in [-0.2, 0) is 0 Å². The summed E-state index contributed by atoms with van der Waals surface area (Å²) in [4.78, 5) is 12.6. The van der Waals surface area contributed by atoms with Crippen LogP contribution in [0.3, 0.4) is 0 Å². The van der Waals surface area contributed by atoms with Gasteiger partial charge in [0.15, 0.2) is 5.65 Å². The average molecular weight is 222 g/mol. The lowest BCUT2D eigenvalue weighted by Crippen LogP contribution is -1.96. The molecule has 2 heterocycles. The molecule has 3 aromatic rings. The number of fused-ring (bicyclic) bond motifs is 1. The third kappa shape index (κ3) is 1.92. The SMILES string of the molecule is c1ccc(Nc2ncnc3ncccc23)cc1. The van der Waals surface area contributed by atoms with Crippen molar-refractivity contribution in [3.05, 3.63) is 55.0 Å². The van der Waals surface area contributed by atoms with Gasteiger partial charge < -0.3 is 5.32 Å². The van der Waals surface area contributed by atoms with E-state index in [1.165, 1.54) is 6.33 Å². The van der Waals surface area contributed by atoms with Crippen molar-refractivity contribution in [2.75, 3.05) is 5.32 Å². The number of para-hydroxylation sites is 1. The monoisotopic (exact) mass is 222 g/mol. The van der Waals surface area contributed by atoms with Crippen molar-refractivity contribution in [2.45, 2.75) is 0 Å². The van der Waals surface area contributed by atoms with Crippen LogP contribution in [0.5, 0.6) is 0 Å². The highest BCUT2D eigenvalue weighted by molar-refractivity contribution is 5.87. The number of nitrogens with zero attached hydrogens (tertiary/aromatic N) is 3. The molecule has 0 atom stereocenters. The van der Waals surface area contributed by atoms with E-state index in [4.69, 9.17) is 0 Å².